The van der Waals surface area contributed by atoms with Gasteiger partial charge in [-0.3, -0.25) is 9.59 Å². The monoisotopic (exact) mass is 428 g/mol. The second-order valence-corrected chi connectivity index (χ2v) is 10.8. The topological polar surface area (TPSA) is 83.8 Å². The lowest BCUT2D eigenvalue weighted by molar-refractivity contribution is -0.136. The molecule has 4 rings (SSSR count). The highest BCUT2D eigenvalue weighted by atomic mass is 16.5. The minimum absolute atomic E-state index is 0.0493. The number of aliphatic hydroxyl groups excluding tert-OH is 1. The molecule has 1 spiro atoms. The van der Waals surface area contributed by atoms with Gasteiger partial charge in [-0.15, -0.1) is 0 Å². The summed E-state index contributed by atoms with van der Waals surface area (Å²) in [5.74, 6) is -0.00836. The number of carbonyl (C=O) groups is 2. The summed E-state index contributed by atoms with van der Waals surface area (Å²) in [6.07, 6.45) is 10.7. The summed E-state index contributed by atoms with van der Waals surface area (Å²) < 4.78 is 6.79. The van der Waals surface area contributed by atoms with Gasteiger partial charge in [0.1, 0.15) is 0 Å². The molecule has 2 N–H and O–H groups in total. The van der Waals surface area contributed by atoms with E-state index in [0.29, 0.717) is 11.8 Å². The van der Waals surface area contributed by atoms with E-state index in [1.165, 1.54) is 0 Å². The minimum atomic E-state index is -0.811. The highest BCUT2D eigenvalue weighted by molar-refractivity contribution is 5.97. The van der Waals surface area contributed by atoms with Gasteiger partial charge < -0.3 is 14.9 Å². The number of carboxylic acids is 1. The molecule has 1 aliphatic heterocycles. The average Bonchev–Trinajstić information content (AvgIpc) is 3.21. The number of aliphatic carboxylic acids is 1. The standard InChI is InChI=1S/C26H36O5/c1-15(10-23(29)30)9-19-12-17(3)26(31-19)8-7-25(4)13-20-16(2)11-21(28)24(20)18(14-27)5-6-22(25)26/h5,9,11,17,19-20,22,24,27H,6-8,10,12-14H2,1-4H3,(H,29,30)/b15-9+,18-5?/t17-,19-,20+,22+,24-,25+,26-/m0/s1. The highest BCUT2D eigenvalue weighted by Crippen LogP contribution is 2.63. The summed E-state index contributed by atoms with van der Waals surface area (Å²) in [6.45, 7) is 8.49. The van der Waals surface area contributed by atoms with Crippen molar-refractivity contribution in [3.05, 3.63) is 34.9 Å². The van der Waals surface area contributed by atoms with E-state index in [-0.39, 0.29) is 47.8 Å². The first-order valence-corrected chi connectivity index (χ1v) is 11.7. The van der Waals surface area contributed by atoms with Crippen molar-refractivity contribution >= 4 is 11.8 Å². The molecule has 0 bridgehead atoms. The van der Waals surface area contributed by atoms with Crippen molar-refractivity contribution in [2.45, 2.75) is 77.9 Å². The highest BCUT2D eigenvalue weighted by Gasteiger charge is 2.61. The Morgan fingerprint density at radius 2 is 2.10 bits per heavy atom. The van der Waals surface area contributed by atoms with Gasteiger partial charge in [0.25, 0.3) is 0 Å². The largest absolute Gasteiger partial charge is 0.481 e. The molecule has 1 heterocycles. The molecule has 7 atom stereocenters. The van der Waals surface area contributed by atoms with Gasteiger partial charge in [0, 0.05) is 0 Å². The summed E-state index contributed by atoms with van der Waals surface area (Å²) in [5, 5.41) is 19.1. The fourth-order valence-corrected chi connectivity index (χ4v) is 7.25. The molecule has 3 aliphatic carbocycles. The Hall–Kier alpha value is -1.72. The van der Waals surface area contributed by atoms with E-state index in [0.717, 1.165) is 48.8 Å². The lowest BCUT2D eigenvalue weighted by atomic mass is 9.62. The molecular weight excluding hydrogens is 392 g/mol. The van der Waals surface area contributed by atoms with Crippen LogP contribution in [0.5, 0.6) is 0 Å². The molecule has 0 unspecified atom stereocenters. The molecule has 170 valence electrons. The molecule has 5 nitrogen and oxygen atoms in total. The van der Waals surface area contributed by atoms with Gasteiger partial charge in [-0.2, -0.15) is 0 Å². The van der Waals surface area contributed by atoms with Crippen LogP contribution in [0, 0.1) is 29.1 Å². The van der Waals surface area contributed by atoms with E-state index in [9.17, 15) is 14.7 Å². The van der Waals surface area contributed by atoms with E-state index >= 15 is 0 Å². The molecule has 31 heavy (non-hydrogen) atoms. The Morgan fingerprint density at radius 1 is 1.35 bits per heavy atom. The second kappa shape index (κ2) is 8.00. The normalized spacial score (nSPS) is 42.7. The number of fused-ring (bicyclic) bond motifs is 3. The number of aliphatic hydroxyl groups is 1. The van der Waals surface area contributed by atoms with Gasteiger partial charge in [0.05, 0.1) is 30.7 Å². The number of ketones is 1. The number of carboxylic acid groups (broad SMARTS) is 1. The lowest BCUT2D eigenvalue weighted by Crippen LogP contribution is -2.44. The molecule has 0 aromatic heterocycles. The maximum absolute atomic E-state index is 12.7. The van der Waals surface area contributed by atoms with Crippen molar-refractivity contribution in [3.63, 3.8) is 0 Å². The maximum Gasteiger partial charge on any atom is 0.307 e. The number of carbonyl (C=O) groups excluding carboxylic acids is 1. The van der Waals surface area contributed by atoms with Crippen molar-refractivity contribution in [2.24, 2.45) is 29.1 Å². The van der Waals surface area contributed by atoms with Crippen LogP contribution in [0.2, 0.25) is 0 Å². The zero-order valence-corrected chi connectivity index (χ0v) is 19.2. The molecule has 5 heteroatoms. The molecule has 0 aromatic rings. The summed E-state index contributed by atoms with van der Waals surface area (Å²) in [6, 6.07) is 0. The molecule has 1 saturated carbocycles. The SMILES string of the molecule is CC1=CC(=O)[C@H]2C(CO)=CC[C@@H]3[C@](C)(CC[C@@]34O[C@@H](/C=C(\C)CC(=O)O)C[C@@H]4C)C[C@H]12. The molecule has 1 saturated heterocycles. The fourth-order valence-electron chi connectivity index (χ4n) is 7.25. The van der Waals surface area contributed by atoms with Crippen LogP contribution in [-0.2, 0) is 14.3 Å². The molecule has 0 aromatic carbocycles. The second-order valence-electron chi connectivity index (χ2n) is 10.8. The number of ether oxygens (including phenoxy) is 1. The number of rotatable bonds is 4. The Bertz CT molecular complexity index is 867. The predicted molar refractivity (Wildman–Crippen MR) is 118 cm³/mol. The van der Waals surface area contributed by atoms with Crippen LogP contribution < -0.4 is 0 Å². The van der Waals surface area contributed by atoms with Crippen LogP contribution in [0.25, 0.3) is 0 Å². The number of hydrogen-bond donors (Lipinski definition) is 2. The molecule has 2 fully saturated rings. The zero-order chi connectivity index (χ0) is 22.6. The first-order valence-electron chi connectivity index (χ1n) is 11.7. The van der Waals surface area contributed by atoms with Crippen LogP contribution in [-0.4, -0.2) is 40.3 Å². The Kier molecular flexibility index (Phi) is 5.80. The van der Waals surface area contributed by atoms with Crippen molar-refractivity contribution in [1.82, 2.24) is 0 Å². The Morgan fingerprint density at radius 3 is 2.77 bits per heavy atom. The molecule has 4 aliphatic rings. The summed E-state index contributed by atoms with van der Waals surface area (Å²) in [7, 11) is 0. The van der Waals surface area contributed by atoms with E-state index in [1.807, 2.05) is 13.0 Å². The van der Waals surface area contributed by atoms with Gasteiger partial charge in [0.2, 0.25) is 0 Å². The van der Waals surface area contributed by atoms with Gasteiger partial charge in [-0.1, -0.05) is 37.1 Å². The summed E-state index contributed by atoms with van der Waals surface area (Å²) in [4.78, 5) is 23.7. The third-order valence-electron chi connectivity index (χ3n) is 8.76. The van der Waals surface area contributed by atoms with E-state index < -0.39 is 5.97 Å². The van der Waals surface area contributed by atoms with Crippen LogP contribution in [0.15, 0.2) is 34.9 Å². The summed E-state index contributed by atoms with van der Waals surface area (Å²) in [5.41, 5.74) is 2.69. The average molecular weight is 429 g/mol. The minimum Gasteiger partial charge on any atom is -0.481 e. The van der Waals surface area contributed by atoms with Crippen LogP contribution >= 0.6 is 0 Å². The third kappa shape index (κ3) is 3.74. The van der Waals surface area contributed by atoms with Gasteiger partial charge in [0.15, 0.2) is 5.78 Å². The quantitative estimate of drug-likeness (QED) is 0.646. The van der Waals surface area contributed by atoms with Gasteiger partial charge in [-0.05, 0) is 80.8 Å². The fraction of sp³-hybridized carbons (Fsp3) is 0.692. The first-order chi connectivity index (χ1) is 14.6. The number of hydrogen-bond acceptors (Lipinski definition) is 4. The molecule has 0 amide bonds. The van der Waals surface area contributed by atoms with Crippen molar-refractivity contribution in [3.8, 4) is 0 Å². The smallest absolute Gasteiger partial charge is 0.307 e. The Labute approximate surface area is 185 Å². The van der Waals surface area contributed by atoms with E-state index in [1.54, 1.807) is 6.08 Å². The van der Waals surface area contributed by atoms with Crippen LogP contribution in [0.3, 0.4) is 0 Å². The van der Waals surface area contributed by atoms with Crippen LogP contribution in [0.1, 0.15) is 66.2 Å². The molecular formula is C26H36O5. The Balaban J connectivity index is 1.65. The zero-order valence-electron chi connectivity index (χ0n) is 19.2. The van der Waals surface area contributed by atoms with E-state index in [4.69, 9.17) is 9.84 Å². The van der Waals surface area contributed by atoms with Crippen molar-refractivity contribution < 1.29 is 24.5 Å². The van der Waals surface area contributed by atoms with Gasteiger partial charge >= 0.3 is 5.97 Å². The molecule has 0 radical (unpaired) electrons. The van der Waals surface area contributed by atoms with Crippen molar-refractivity contribution in [2.75, 3.05) is 6.61 Å². The third-order valence-corrected chi connectivity index (χ3v) is 8.76. The van der Waals surface area contributed by atoms with Crippen LogP contribution in [0.4, 0.5) is 0 Å². The first kappa shape index (κ1) is 22.5. The van der Waals surface area contributed by atoms with Crippen molar-refractivity contribution in [1.29, 1.82) is 0 Å². The lowest BCUT2D eigenvalue weighted by Gasteiger charge is -2.44. The maximum atomic E-state index is 12.7. The predicted octanol–water partition coefficient (Wildman–Crippen LogP) is 4.46. The summed E-state index contributed by atoms with van der Waals surface area (Å²) >= 11 is 0. The van der Waals surface area contributed by atoms with E-state index in [2.05, 4.69) is 26.8 Å². The number of allylic oxidation sites excluding steroid dienone is 3. The van der Waals surface area contributed by atoms with Gasteiger partial charge in [-0.25, -0.2) is 0 Å².